The summed E-state index contributed by atoms with van der Waals surface area (Å²) in [5, 5.41) is 1.21. The average molecular weight is 265 g/mol. The molecule has 0 bridgehead atoms. The van der Waals surface area contributed by atoms with Crippen LogP contribution in [0.15, 0.2) is 12.3 Å². The number of rotatable bonds is 4. The number of carbonyl (C=O) groups excluding carboxylic acids is 1. The lowest BCUT2D eigenvalue weighted by Gasteiger charge is -2.04. The van der Waals surface area contributed by atoms with Gasteiger partial charge in [-0.2, -0.15) is 0 Å². The number of aromatic nitrogens is 1. The Morgan fingerprint density at radius 1 is 1.69 bits per heavy atom. The summed E-state index contributed by atoms with van der Waals surface area (Å²) in [4.78, 5) is 14.0. The molecular weight excluding hydrogens is 257 g/mol. The molecule has 0 saturated carbocycles. The average Bonchev–Trinajstić information content (AvgIpc) is 2.16. The number of halogens is 2. The molecule has 0 aromatic carbocycles. The van der Waals surface area contributed by atoms with Gasteiger partial charge in [0.25, 0.3) is 6.47 Å². The van der Waals surface area contributed by atoms with Crippen molar-refractivity contribution in [2.75, 3.05) is 0 Å². The molecule has 0 aliphatic rings. The molecule has 0 atom stereocenters. The number of carbonyl (C=O) groups is 1. The highest BCUT2D eigenvalue weighted by molar-refractivity contribution is 9.08. The first-order chi connectivity index (χ1) is 6.27. The van der Waals surface area contributed by atoms with E-state index in [1.54, 1.807) is 6.07 Å². The van der Waals surface area contributed by atoms with Gasteiger partial charge in [0.05, 0.1) is 10.7 Å². The SMILES string of the molecule is O=COCc1ncc(Cl)cc1CBr. The molecule has 13 heavy (non-hydrogen) atoms. The molecule has 0 radical (unpaired) electrons. The quantitative estimate of drug-likeness (QED) is 0.619. The number of hydrogen-bond acceptors (Lipinski definition) is 3. The third-order valence-electron chi connectivity index (χ3n) is 1.46. The lowest BCUT2D eigenvalue weighted by molar-refractivity contribution is -0.129. The summed E-state index contributed by atoms with van der Waals surface area (Å²) in [6, 6.07) is 1.78. The molecule has 0 aliphatic heterocycles. The number of alkyl halides is 1. The Bertz CT molecular complexity index is 306. The minimum Gasteiger partial charge on any atom is -0.461 e. The van der Waals surface area contributed by atoms with E-state index in [1.165, 1.54) is 6.20 Å². The van der Waals surface area contributed by atoms with Crippen LogP contribution in [0.3, 0.4) is 0 Å². The maximum atomic E-state index is 9.96. The van der Waals surface area contributed by atoms with Crippen molar-refractivity contribution in [1.29, 1.82) is 0 Å². The van der Waals surface area contributed by atoms with E-state index in [0.717, 1.165) is 5.56 Å². The highest BCUT2D eigenvalue weighted by Gasteiger charge is 2.03. The summed E-state index contributed by atoms with van der Waals surface area (Å²) >= 11 is 9.03. The minimum atomic E-state index is 0.182. The third kappa shape index (κ3) is 2.97. The second kappa shape index (κ2) is 5.19. The van der Waals surface area contributed by atoms with Gasteiger partial charge >= 0.3 is 0 Å². The van der Waals surface area contributed by atoms with Crippen LogP contribution in [0.25, 0.3) is 0 Å². The van der Waals surface area contributed by atoms with Crippen molar-refractivity contribution < 1.29 is 9.53 Å². The van der Waals surface area contributed by atoms with Gasteiger partial charge in [-0.05, 0) is 11.6 Å². The highest BCUT2D eigenvalue weighted by atomic mass is 79.9. The van der Waals surface area contributed by atoms with E-state index in [9.17, 15) is 4.79 Å². The van der Waals surface area contributed by atoms with Crippen LogP contribution in [0.4, 0.5) is 0 Å². The molecule has 0 N–H and O–H groups in total. The van der Waals surface area contributed by atoms with Crippen LogP contribution >= 0.6 is 27.5 Å². The first-order valence-electron chi connectivity index (χ1n) is 3.52. The smallest absolute Gasteiger partial charge is 0.293 e. The van der Waals surface area contributed by atoms with Crippen molar-refractivity contribution in [1.82, 2.24) is 4.98 Å². The van der Waals surface area contributed by atoms with E-state index < -0.39 is 0 Å². The molecule has 0 fully saturated rings. The molecule has 0 amide bonds. The predicted molar refractivity (Wildman–Crippen MR) is 52.7 cm³/mol. The van der Waals surface area contributed by atoms with E-state index in [1.807, 2.05) is 0 Å². The fraction of sp³-hybridized carbons (Fsp3) is 0.250. The first kappa shape index (κ1) is 10.5. The third-order valence-corrected chi connectivity index (χ3v) is 2.27. The van der Waals surface area contributed by atoms with E-state index >= 15 is 0 Å². The van der Waals surface area contributed by atoms with Crippen LogP contribution in [-0.2, 0) is 21.5 Å². The van der Waals surface area contributed by atoms with Gasteiger partial charge in [-0.1, -0.05) is 27.5 Å². The van der Waals surface area contributed by atoms with E-state index in [4.69, 9.17) is 11.6 Å². The molecular formula is C8H7BrClNO2. The summed E-state index contributed by atoms with van der Waals surface area (Å²) < 4.78 is 4.59. The molecule has 1 aromatic heterocycles. The summed E-state index contributed by atoms with van der Waals surface area (Å²) in [5.41, 5.74) is 1.64. The Balaban J connectivity index is 2.85. The summed E-state index contributed by atoms with van der Waals surface area (Å²) in [5.74, 6) is 0. The number of pyridine rings is 1. The van der Waals surface area contributed by atoms with E-state index in [-0.39, 0.29) is 6.61 Å². The monoisotopic (exact) mass is 263 g/mol. The van der Waals surface area contributed by atoms with Crippen molar-refractivity contribution >= 4 is 34.0 Å². The largest absolute Gasteiger partial charge is 0.461 e. The molecule has 0 aliphatic carbocycles. The lowest BCUT2D eigenvalue weighted by atomic mass is 10.2. The molecule has 5 heteroatoms. The van der Waals surface area contributed by atoms with Crippen molar-refractivity contribution in [2.45, 2.75) is 11.9 Å². The van der Waals surface area contributed by atoms with Crippen molar-refractivity contribution in [3.63, 3.8) is 0 Å². The maximum absolute atomic E-state index is 9.96. The summed E-state index contributed by atoms with van der Waals surface area (Å²) in [7, 11) is 0. The van der Waals surface area contributed by atoms with Gasteiger partial charge in [0.1, 0.15) is 6.61 Å². The normalized spacial score (nSPS) is 9.69. The van der Waals surface area contributed by atoms with Crippen LogP contribution in [0.2, 0.25) is 5.02 Å². The maximum Gasteiger partial charge on any atom is 0.293 e. The molecule has 1 heterocycles. The van der Waals surface area contributed by atoms with Gasteiger partial charge in [0.15, 0.2) is 0 Å². The van der Waals surface area contributed by atoms with Crippen molar-refractivity contribution in [2.24, 2.45) is 0 Å². The number of ether oxygens (including phenoxy) is 1. The van der Waals surface area contributed by atoms with Gasteiger partial charge in [0.2, 0.25) is 0 Å². The predicted octanol–water partition coefficient (Wildman–Crippen LogP) is 2.30. The standard InChI is InChI=1S/C8H7BrClNO2/c9-2-6-1-7(10)3-11-8(6)4-13-5-12/h1,3,5H,2,4H2. The fourth-order valence-electron chi connectivity index (χ4n) is 0.868. The highest BCUT2D eigenvalue weighted by Crippen LogP contribution is 2.16. The van der Waals surface area contributed by atoms with Crippen LogP contribution in [0.5, 0.6) is 0 Å². The van der Waals surface area contributed by atoms with Crippen molar-refractivity contribution in [3.8, 4) is 0 Å². The Hall–Kier alpha value is -0.610. The zero-order chi connectivity index (χ0) is 9.68. The van der Waals surface area contributed by atoms with Crippen LogP contribution < -0.4 is 0 Å². The number of nitrogens with zero attached hydrogens (tertiary/aromatic N) is 1. The zero-order valence-electron chi connectivity index (χ0n) is 6.67. The lowest BCUT2D eigenvalue weighted by Crippen LogP contribution is -1.98. The second-order valence-electron chi connectivity index (χ2n) is 2.30. The molecule has 1 rings (SSSR count). The summed E-state index contributed by atoms with van der Waals surface area (Å²) in [6.45, 7) is 0.579. The summed E-state index contributed by atoms with van der Waals surface area (Å²) in [6.07, 6.45) is 1.53. The second-order valence-corrected chi connectivity index (χ2v) is 3.30. The van der Waals surface area contributed by atoms with Crippen LogP contribution in [-0.4, -0.2) is 11.5 Å². The van der Waals surface area contributed by atoms with Gasteiger partial charge in [-0.25, -0.2) is 0 Å². The Morgan fingerprint density at radius 2 is 2.46 bits per heavy atom. The van der Waals surface area contributed by atoms with Gasteiger partial charge < -0.3 is 4.74 Å². The van der Waals surface area contributed by atoms with Crippen molar-refractivity contribution in [3.05, 3.63) is 28.5 Å². The Labute approximate surface area is 89.2 Å². The molecule has 1 aromatic rings. The molecule has 0 saturated heterocycles. The van der Waals surface area contributed by atoms with E-state index in [2.05, 4.69) is 25.7 Å². The Morgan fingerprint density at radius 3 is 3.08 bits per heavy atom. The van der Waals surface area contributed by atoms with Gasteiger partial charge in [-0.3, -0.25) is 9.78 Å². The zero-order valence-corrected chi connectivity index (χ0v) is 9.01. The van der Waals surface area contributed by atoms with Gasteiger partial charge in [0, 0.05) is 11.5 Å². The first-order valence-corrected chi connectivity index (χ1v) is 5.02. The fourth-order valence-corrected chi connectivity index (χ4v) is 1.53. The number of hydrogen-bond donors (Lipinski definition) is 0. The Kier molecular flexibility index (Phi) is 4.18. The topological polar surface area (TPSA) is 39.2 Å². The molecule has 0 unspecified atom stereocenters. The van der Waals surface area contributed by atoms with Gasteiger partial charge in [-0.15, -0.1) is 0 Å². The van der Waals surface area contributed by atoms with E-state index in [0.29, 0.717) is 22.5 Å². The van der Waals surface area contributed by atoms with Crippen LogP contribution in [0, 0.1) is 0 Å². The molecule has 70 valence electrons. The van der Waals surface area contributed by atoms with Crippen LogP contribution in [0.1, 0.15) is 11.3 Å². The molecule has 3 nitrogen and oxygen atoms in total. The minimum absolute atomic E-state index is 0.182. The molecule has 0 spiro atoms.